The lowest BCUT2D eigenvalue weighted by Crippen LogP contribution is -2.29. The van der Waals surface area contributed by atoms with Gasteiger partial charge < -0.3 is 19.9 Å². The molecule has 1 aromatic rings. The van der Waals surface area contributed by atoms with Gasteiger partial charge in [0.2, 0.25) is 0 Å². The standard InChI is InChI=1S/C14H21NO3/c1-16-12-7-3-6-11(14(12)17-2)13(15)10-5-4-8-18-9-10/h3,6-7,10,13H,4-5,8-9,15H2,1-2H3. The van der Waals surface area contributed by atoms with Crippen LogP contribution in [0.4, 0.5) is 0 Å². The predicted molar refractivity (Wildman–Crippen MR) is 70.0 cm³/mol. The molecule has 1 aliphatic heterocycles. The first kappa shape index (κ1) is 13.2. The van der Waals surface area contributed by atoms with E-state index in [1.54, 1.807) is 14.2 Å². The topological polar surface area (TPSA) is 53.7 Å². The maximum Gasteiger partial charge on any atom is 0.165 e. The Morgan fingerprint density at radius 1 is 1.33 bits per heavy atom. The van der Waals surface area contributed by atoms with Crippen LogP contribution in [0.25, 0.3) is 0 Å². The van der Waals surface area contributed by atoms with Gasteiger partial charge in [-0.1, -0.05) is 12.1 Å². The molecule has 2 N–H and O–H groups in total. The van der Waals surface area contributed by atoms with Crippen molar-refractivity contribution in [3.05, 3.63) is 23.8 Å². The molecule has 1 heterocycles. The van der Waals surface area contributed by atoms with Gasteiger partial charge in [-0.05, 0) is 18.9 Å². The Hall–Kier alpha value is -1.26. The van der Waals surface area contributed by atoms with E-state index in [-0.39, 0.29) is 6.04 Å². The van der Waals surface area contributed by atoms with Crippen molar-refractivity contribution in [2.45, 2.75) is 18.9 Å². The van der Waals surface area contributed by atoms with Crippen molar-refractivity contribution < 1.29 is 14.2 Å². The second kappa shape index (κ2) is 6.07. The van der Waals surface area contributed by atoms with Crippen molar-refractivity contribution in [3.8, 4) is 11.5 Å². The second-order valence-corrected chi connectivity index (χ2v) is 4.59. The van der Waals surface area contributed by atoms with Gasteiger partial charge in [-0.15, -0.1) is 0 Å². The Morgan fingerprint density at radius 2 is 2.17 bits per heavy atom. The minimum Gasteiger partial charge on any atom is -0.493 e. The highest BCUT2D eigenvalue weighted by Crippen LogP contribution is 2.37. The summed E-state index contributed by atoms with van der Waals surface area (Å²) in [6.07, 6.45) is 2.17. The smallest absolute Gasteiger partial charge is 0.165 e. The van der Waals surface area contributed by atoms with Crippen LogP contribution < -0.4 is 15.2 Å². The summed E-state index contributed by atoms with van der Waals surface area (Å²) in [6, 6.07) is 5.75. The highest BCUT2D eigenvalue weighted by molar-refractivity contribution is 5.48. The lowest BCUT2D eigenvalue weighted by molar-refractivity contribution is 0.0444. The summed E-state index contributed by atoms with van der Waals surface area (Å²) in [7, 11) is 3.28. The van der Waals surface area contributed by atoms with Crippen molar-refractivity contribution in [1.82, 2.24) is 0 Å². The van der Waals surface area contributed by atoms with E-state index in [9.17, 15) is 0 Å². The van der Waals surface area contributed by atoms with Gasteiger partial charge >= 0.3 is 0 Å². The van der Waals surface area contributed by atoms with Crippen molar-refractivity contribution in [2.24, 2.45) is 11.7 Å². The first-order valence-electron chi connectivity index (χ1n) is 6.32. The number of ether oxygens (including phenoxy) is 3. The van der Waals surface area contributed by atoms with Gasteiger partial charge in [-0.2, -0.15) is 0 Å². The molecule has 2 atom stereocenters. The number of hydrogen-bond acceptors (Lipinski definition) is 4. The van der Waals surface area contributed by atoms with Gasteiger partial charge in [0.15, 0.2) is 11.5 Å². The molecule has 2 unspecified atom stereocenters. The van der Waals surface area contributed by atoms with E-state index < -0.39 is 0 Å². The van der Waals surface area contributed by atoms with Crippen LogP contribution in [0.1, 0.15) is 24.4 Å². The number of para-hydroxylation sites is 1. The highest BCUT2D eigenvalue weighted by Gasteiger charge is 2.25. The summed E-state index contributed by atoms with van der Waals surface area (Å²) in [5.41, 5.74) is 7.35. The van der Waals surface area contributed by atoms with Crippen molar-refractivity contribution in [2.75, 3.05) is 27.4 Å². The molecular weight excluding hydrogens is 230 g/mol. The Kier molecular flexibility index (Phi) is 4.44. The molecule has 2 rings (SSSR count). The summed E-state index contributed by atoms with van der Waals surface area (Å²) in [4.78, 5) is 0. The normalized spacial score (nSPS) is 21.4. The Bertz CT molecular complexity index is 389. The van der Waals surface area contributed by atoms with Crippen molar-refractivity contribution >= 4 is 0 Å². The predicted octanol–water partition coefficient (Wildman–Crippen LogP) is 2.13. The largest absolute Gasteiger partial charge is 0.493 e. The lowest BCUT2D eigenvalue weighted by Gasteiger charge is -2.29. The third kappa shape index (κ3) is 2.60. The van der Waals surface area contributed by atoms with E-state index in [1.807, 2.05) is 18.2 Å². The molecule has 1 aliphatic rings. The van der Waals surface area contributed by atoms with Gasteiger partial charge in [0, 0.05) is 24.1 Å². The summed E-state index contributed by atoms with van der Waals surface area (Å²) >= 11 is 0. The van der Waals surface area contributed by atoms with E-state index in [0.717, 1.165) is 43.1 Å². The third-order valence-electron chi connectivity index (χ3n) is 3.50. The zero-order valence-electron chi connectivity index (χ0n) is 11.0. The molecule has 0 amide bonds. The first-order valence-corrected chi connectivity index (χ1v) is 6.32. The molecular formula is C14H21NO3. The number of rotatable bonds is 4. The van der Waals surface area contributed by atoms with Crippen LogP contribution >= 0.6 is 0 Å². The Morgan fingerprint density at radius 3 is 2.78 bits per heavy atom. The molecule has 1 saturated heterocycles. The molecule has 4 nitrogen and oxygen atoms in total. The fraction of sp³-hybridized carbons (Fsp3) is 0.571. The van der Waals surface area contributed by atoms with E-state index in [0.29, 0.717) is 5.92 Å². The van der Waals surface area contributed by atoms with Crippen molar-refractivity contribution in [1.29, 1.82) is 0 Å². The fourth-order valence-electron chi connectivity index (χ4n) is 2.48. The molecule has 1 fully saturated rings. The number of nitrogens with two attached hydrogens (primary N) is 1. The summed E-state index contributed by atoms with van der Waals surface area (Å²) < 4.78 is 16.2. The minimum absolute atomic E-state index is 0.0738. The first-order chi connectivity index (χ1) is 8.77. The van der Waals surface area contributed by atoms with Gasteiger partial charge in [0.05, 0.1) is 20.8 Å². The molecule has 1 aromatic carbocycles. The lowest BCUT2D eigenvalue weighted by atomic mass is 9.89. The molecule has 0 aliphatic carbocycles. The quantitative estimate of drug-likeness (QED) is 0.890. The molecule has 100 valence electrons. The van der Waals surface area contributed by atoms with Crippen LogP contribution in [-0.2, 0) is 4.74 Å². The van der Waals surface area contributed by atoms with E-state index in [2.05, 4.69) is 0 Å². The van der Waals surface area contributed by atoms with Gasteiger partial charge in [0.1, 0.15) is 0 Å². The van der Waals surface area contributed by atoms with Crippen LogP contribution in [0.2, 0.25) is 0 Å². The highest BCUT2D eigenvalue weighted by atomic mass is 16.5. The van der Waals surface area contributed by atoms with Crippen LogP contribution in [-0.4, -0.2) is 27.4 Å². The van der Waals surface area contributed by atoms with Crippen LogP contribution in [0.15, 0.2) is 18.2 Å². The molecule has 0 aromatic heterocycles. The molecule has 18 heavy (non-hydrogen) atoms. The van der Waals surface area contributed by atoms with Gasteiger partial charge in [0.25, 0.3) is 0 Å². The van der Waals surface area contributed by atoms with E-state index >= 15 is 0 Å². The average molecular weight is 251 g/mol. The fourth-order valence-corrected chi connectivity index (χ4v) is 2.48. The summed E-state index contributed by atoms with van der Waals surface area (Å²) in [5, 5.41) is 0. The molecule has 0 bridgehead atoms. The molecule has 4 heteroatoms. The molecule has 0 spiro atoms. The van der Waals surface area contributed by atoms with E-state index in [1.165, 1.54) is 0 Å². The number of hydrogen-bond donors (Lipinski definition) is 1. The summed E-state index contributed by atoms with van der Waals surface area (Å²) in [5.74, 6) is 1.81. The average Bonchev–Trinajstić information content (AvgIpc) is 2.46. The third-order valence-corrected chi connectivity index (χ3v) is 3.50. The van der Waals surface area contributed by atoms with Crippen LogP contribution in [0.5, 0.6) is 11.5 Å². The SMILES string of the molecule is COc1cccc(C(N)C2CCCOC2)c1OC. The molecule has 0 saturated carbocycles. The number of methoxy groups -OCH3 is 2. The van der Waals surface area contributed by atoms with E-state index in [4.69, 9.17) is 19.9 Å². The second-order valence-electron chi connectivity index (χ2n) is 4.59. The zero-order valence-corrected chi connectivity index (χ0v) is 11.0. The van der Waals surface area contributed by atoms with Crippen LogP contribution in [0.3, 0.4) is 0 Å². The maximum absolute atomic E-state index is 6.35. The van der Waals surface area contributed by atoms with Crippen LogP contribution in [0, 0.1) is 5.92 Å². The molecule has 0 radical (unpaired) electrons. The minimum atomic E-state index is -0.0738. The Labute approximate surface area is 108 Å². The number of benzene rings is 1. The van der Waals surface area contributed by atoms with Crippen molar-refractivity contribution in [3.63, 3.8) is 0 Å². The maximum atomic E-state index is 6.35. The van der Waals surface area contributed by atoms with Gasteiger partial charge in [-0.3, -0.25) is 0 Å². The Balaban J connectivity index is 2.25. The zero-order chi connectivity index (χ0) is 13.0. The van der Waals surface area contributed by atoms with Gasteiger partial charge in [-0.25, -0.2) is 0 Å². The summed E-state index contributed by atoms with van der Waals surface area (Å²) in [6.45, 7) is 1.57. The monoisotopic (exact) mass is 251 g/mol.